The summed E-state index contributed by atoms with van der Waals surface area (Å²) in [7, 11) is 0. The first-order valence-electron chi connectivity index (χ1n) is 8.65. The first-order chi connectivity index (χ1) is 11.4. The Hall–Kier alpha value is -0.900. The summed E-state index contributed by atoms with van der Waals surface area (Å²) in [5.74, 6) is 0.803. The summed E-state index contributed by atoms with van der Waals surface area (Å²) in [5, 5.41) is 9.49. The third-order valence-electron chi connectivity index (χ3n) is 3.80. The van der Waals surface area contributed by atoms with Gasteiger partial charge in [-0.25, -0.2) is 9.98 Å². The number of rotatable bonds is 5. The molecule has 0 bridgehead atoms. The number of aromatic nitrogens is 1. The lowest BCUT2D eigenvalue weighted by atomic mass is 9.98. The number of nitrogens with one attached hydrogen (secondary N) is 2. The molecular weight excluding hydrogens is 449 g/mol. The Balaban J connectivity index is 0.00000312. The number of hydrogen-bond donors (Lipinski definition) is 2. The normalized spacial score (nSPS) is 15.0. The van der Waals surface area contributed by atoms with E-state index in [-0.39, 0.29) is 41.8 Å². The van der Waals surface area contributed by atoms with E-state index in [4.69, 9.17) is 0 Å². The first kappa shape index (κ1) is 22.1. The molecule has 2 rings (SSSR count). The van der Waals surface area contributed by atoms with Crippen molar-refractivity contribution in [3.63, 3.8) is 0 Å². The van der Waals surface area contributed by atoms with Gasteiger partial charge in [-0.15, -0.1) is 35.3 Å². The number of thiazole rings is 1. The van der Waals surface area contributed by atoms with E-state index in [9.17, 15) is 4.79 Å². The highest BCUT2D eigenvalue weighted by Gasteiger charge is 2.19. The van der Waals surface area contributed by atoms with E-state index < -0.39 is 0 Å². The van der Waals surface area contributed by atoms with E-state index >= 15 is 0 Å². The summed E-state index contributed by atoms with van der Waals surface area (Å²) in [6, 6.07) is 0. The zero-order valence-corrected chi connectivity index (χ0v) is 18.7. The van der Waals surface area contributed by atoms with Gasteiger partial charge in [0.1, 0.15) is 0 Å². The molecule has 1 saturated heterocycles. The molecule has 0 atom stereocenters. The number of guanidine groups is 1. The quantitative estimate of drug-likeness (QED) is 0.387. The largest absolute Gasteiger partial charge is 0.357 e. The van der Waals surface area contributed by atoms with E-state index in [2.05, 4.69) is 46.8 Å². The topological polar surface area (TPSA) is 69.6 Å². The monoisotopic (exact) mass is 479 g/mol. The minimum Gasteiger partial charge on any atom is -0.357 e. The van der Waals surface area contributed by atoms with Gasteiger partial charge in [0.25, 0.3) is 0 Å². The SMILES string of the molecule is CCNC(=NCc1csc(C(C)(C)C)n1)NCC(=O)N1CCCC1.I. The van der Waals surface area contributed by atoms with Crippen LogP contribution in [0.3, 0.4) is 0 Å². The highest BCUT2D eigenvalue weighted by molar-refractivity contribution is 14.0. The van der Waals surface area contributed by atoms with Gasteiger partial charge in [-0.3, -0.25) is 4.79 Å². The Bertz CT molecular complexity index is 576. The predicted molar refractivity (Wildman–Crippen MR) is 115 cm³/mol. The number of carbonyl (C=O) groups excluding carboxylic acids is 1. The lowest BCUT2D eigenvalue weighted by Gasteiger charge is -2.17. The maximum absolute atomic E-state index is 12.1. The molecule has 2 heterocycles. The van der Waals surface area contributed by atoms with E-state index in [1.807, 2.05) is 11.8 Å². The number of carbonyl (C=O) groups is 1. The fourth-order valence-corrected chi connectivity index (χ4v) is 3.36. The molecule has 1 aromatic heterocycles. The molecule has 0 saturated carbocycles. The third-order valence-corrected chi connectivity index (χ3v) is 5.12. The van der Waals surface area contributed by atoms with Gasteiger partial charge in [0.15, 0.2) is 5.96 Å². The number of halogens is 1. The van der Waals surface area contributed by atoms with E-state index in [1.165, 1.54) is 0 Å². The molecule has 0 aliphatic carbocycles. The second kappa shape index (κ2) is 10.3. The molecule has 0 unspecified atom stereocenters. The van der Waals surface area contributed by atoms with Gasteiger partial charge in [0.05, 0.1) is 23.8 Å². The van der Waals surface area contributed by atoms with Crippen LogP contribution in [0, 0.1) is 0 Å². The minimum absolute atomic E-state index is 0. The molecule has 2 N–H and O–H groups in total. The average Bonchev–Trinajstić information content (AvgIpc) is 3.20. The van der Waals surface area contributed by atoms with Crippen LogP contribution < -0.4 is 10.6 Å². The smallest absolute Gasteiger partial charge is 0.241 e. The van der Waals surface area contributed by atoms with E-state index in [0.717, 1.165) is 43.2 Å². The second-order valence-electron chi connectivity index (χ2n) is 7.03. The summed E-state index contributed by atoms with van der Waals surface area (Å²) in [6.07, 6.45) is 2.22. The molecule has 6 nitrogen and oxygen atoms in total. The van der Waals surface area contributed by atoms with Crippen molar-refractivity contribution in [1.29, 1.82) is 0 Å². The van der Waals surface area contributed by atoms with Crippen LogP contribution in [0.2, 0.25) is 0 Å². The van der Waals surface area contributed by atoms with Crippen molar-refractivity contribution in [2.24, 2.45) is 4.99 Å². The highest BCUT2D eigenvalue weighted by Crippen LogP contribution is 2.25. The Morgan fingerprint density at radius 2 is 2.00 bits per heavy atom. The molecule has 8 heteroatoms. The maximum Gasteiger partial charge on any atom is 0.241 e. The predicted octanol–water partition coefficient (Wildman–Crippen LogP) is 2.74. The van der Waals surface area contributed by atoms with Crippen LogP contribution in [0.4, 0.5) is 0 Å². The van der Waals surface area contributed by atoms with Crippen molar-refractivity contribution in [2.75, 3.05) is 26.2 Å². The average molecular weight is 479 g/mol. The van der Waals surface area contributed by atoms with Crippen molar-refractivity contribution in [1.82, 2.24) is 20.5 Å². The van der Waals surface area contributed by atoms with Crippen molar-refractivity contribution < 1.29 is 4.79 Å². The van der Waals surface area contributed by atoms with Gasteiger partial charge < -0.3 is 15.5 Å². The van der Waals surface area contributed by atoms with Crippen molar-refractivity contribution >= 4 is 47.2 Å². The molecule has 0 spiro atoms. The summed E-state index contributed by atoms with van der Waals surface area (Å²) in [4.78, 5) is 23.2. The molecule has 0 radical (unpaired) electrons. The molecule has 1 aliphatic heterocycles. The van der Waals surface area contributed by atoms with Crippen LogP contribution >= 0.6 is 35.3 Å². The fraction of sp³-hybridized carbons (Fsp3) is 0.706. The zero-order valence-electron chi connectivity index (χ0n) is 15.6. The molecule has 1 amide bonds. The Morgan fingerprint density at radius 3 is 2.56 bits per heavy atom. The molecule has 1 aliphatic rings. The van der Waals surface area contributed by atoms with Crippen LogP contribution in [0.25, 0.3) is 0 Å². The molecule has 1 fully saturated rings. The van der Waals surface area contributed by atoms with Gasteiger partial charge in [-0.1, -0.05) is 20.8 Å². The summed E-state index contributed by atoms with van der Waals surface area (Å²) < 4.78 is 0. The van der Waals surface area contributed by atoms with Crippen LogP contribution in [0.15, 0.2) is 10.4 Å². The minimum atomic E-state index is 0. The van der Waals surface area contributed by atoms with Crippen LogP contribution in [0.5, 0.6) is 0 Å². The number of likely N-dealkylation sites (tertiary alicyclic amines) is 1. The lowest BCUT2D eigenvalue weighted by Crippen LogP contribution is -2.44. The molecule has 0 aromatic carbocycles. The van der Waals surface area contributed by atoms with Gasteiger partial charge in [0.2, 0.25) is 5.91 Å². The standard InChI is InChI=1S/C17H29N5OS.HI/c1-5-18-16(20-11-14(23)22-8-6-7-9-22)19-10-13-12-24-15(21-13)17(2,3)4;/h12H,5-11H2,1-4H3,(H2,18,19,20);1H. The van der Waals surface area contributed by atoms with E-state index in [1.54, 1.807) is 11.3 Å². The van der Waals surface area contributed by atoms with Crippen LogP contribution in [-0.2, 0) is 16.8 Å². The summed E-state index contributed by atoms with van der Waals surface area (Å²) >= 11 is 1.67. The van der Waals surface area contributed by atoms with Crippen molar-refractivity contribution in [2.45, 2.75) is 52.5 Å². The third kappa shape index (κ3) is 7.08. The van der Waals surface area contributed by atoms with Gasteiger partial charge in [0, 0.05) is 30.4 Å². The Labute approximate surface area is 171 Å². The lowest BCUT2D eigenvalue weighted by molar-refractivity contribution is -0.128. The van der Waals surface area contributed by atoms with E-state index in [0.29, 0.717) is 12.5 Å². The van der Waals surface area contributed by atoms with Gasteiger partial charge in [-0.2, -0.15) is 0 Å². The number of amides is 1. The molecule has 142 valence electrons. The first-order valence-corrected chi connectivity index (χ1v) is 9.53. The Kier molecular flexibility index (Phi) is 9.12. The van der Waals surface area contributed by atoms with Crippen molar-refractivity contribution in [3.05, 3.63) is 16.1 Å². The number of aliphatic imine (C=N–C) groups is 1. The van der Waals surface area contributed by atoms with Crippen molar-refractivity contribution in [3.8, 4) is 0 Å². The number of nitrogens with zero attached hydrogens (tertiary/aromatic N) is 3. The van der Waals surface area contributed by atoms with Gasteiger partial charge in [-0.05, 0) is 19.8 Å². The highest BCUT2D eigenvalue weighted by atomic mass is 127. The Morgan fingerprint density at radius 1 is 1.32 bits per heavy atom. The summed E-state index contributed by atoms with van der Waals surface area (Å²) in [6.45, 7) is 11.8. The fourth-order valence-electron chi connectivity index (χ4n) is 2.46. The number of hydrogen-bond acceptors (Lipinski definition) is 4. The molecule has 1 aromatic rings. The molecular formula is C17H30IN5OS. The van der Waals surface area contributed by atoms with Gasteiger partial charge >= 0.3 is 0 Å². The van der Waals surface area contributed by atoms with Crippen LogP contribution in [0.1, 0.15) is 51.2 Å². The molecule has 25 heavy (non-hydrogen) atoms. The zero-order chi connectivity index (χ0) is 17.6. The summed E-state index contributed by atoms with van der Waals surface area (Å²) in [5.41, 5.74) is 1.03. The maximum atomic E-state index is 12.1. The second-order valence-corrected chi connectivity index (χ2v) is 7.89. The van der Waals surface area contributed by atoms with Crippen LogP contribution in [-0.4, -0.2) is 47.9 Å².